The van der Waals surface area contributed by atoms with Crippen molar-refractivity contribution in [3.05, 3.63) is 53.9 Å². The summed E-state index contributed by atoms with van der Waals surface area (Å²) in [6.07, 6.45) is 4.16. The van der Waals surface area contributed by atoms with E-state index < -0.39 is 0 Å². The van der Waals surface area contributed by atoms with E-state index in [0.29, 0.717) is 6.42 Å². The molecule has 0 aliphatic rings. The van der Waals surface area contributed by atoms with Crippen LogP contribution in [0.15, 0.2) is 47.9 Å². The molecule has 5 nitrogen and oxygen atoms in total. The second kappa shape index (κ2) is 5.35. The predicted molar refractivity (Wildman–Crippen MR) is 69.6 cm³/mol. The predicted octanol–water partition coefficient (Wildman–Crippen LogP) is 1.92. The summed E-state index contributed by atoms with van der Waals surface area (Å²) in [5, 5.41) is 16.1. The Morgan fingerprint density at radius 2 is 2.17 bits per heavy atom. The van der Waals surface area contributed by atoms with Gasteiger partial charge < -0.3 is 10.9 Å². The molecule has 0 fully saturated rings. The van der Waals surface area contributed by atoms with Crippen molar-refractivity contribution in [2.75, 3.05) is 0 Å². The SMILES string of the molecule is Cc1cnn(C(CC(N)=NO)c2ccccc2)c1. The van der Waals surface area contributed by atoms with Gasteiger partial charge in [-0.25, -0.2) is 0 Å². The van der Waals surface area contributed by atoms with Gasteiger partial charge in [-0.3, -0.25) is 4.68 Å². The summed E-state index contributed by atoms with van der Waals surface area (Å²) in [5.41, 5.74) is 7.77. The zero-order valence-electron chi connectivity index (χ0n) is 10.2. The highest BCUT2D eigenvalue weighted by molar-refractivity contribution is 5.80. The third kappa shape index (κ3) is 2.68. The molecule has 0 saturated heterocycles. The second-order valence-corrected chi connectivity index (χ2v) is 4.22. The van der Waals surface area contributed by atoms with Gasteiger partial charge in [0.2, 0.25) is 0 Å². The molecule has 0 saturated carbocycles. The minimum absolute atomic E-state index is 0.0594. The molecule has 1 aromatic carbocycles. The molecule has 1 unspecified atom stereocenters. The minimum Gasteiger partial charge on any atom is -0.409 e. The van der Waals surface area contributed by atoms with Crippen LogP contribution < -0.4 is 5.73 Å². The van der Waals surface area contributed by atoms with Gasteiger partial charge >= 0.3 is 0 Å². The monoisotopic (exact) mass is 244 g/mol. The van der Waals surface area contributed by atoms with E-state index >= 15 is 0 Å². The van der Waals surface area contributed by atoms with E-state index in [1.54, 1.807) is 6.20 Å². The van der Waals surface area contributed by atoms with Crippen LogP contribution in [0.1, 0.15) is 23.6 Å². The number of benzene rings is 1. The third-order valence-electron chi connectivity index (χ3n) is 2.77. The van der Waals surface area contributed by atoms with Crippen LogP contribution in [0.4, 0.5) is 0 Å². The molecule has 2 aromatic rings. The number of nitrogens with zero attached hydrogens (tertiary/aromatic N) is 3. The number of oxime groups is 1. The maximum atomic E-state index is 8.72. The van der Waals surface area contributed by atoms with Gasteiger partial charge in [-0.05, 0) is 18.1 Å². The molecular weight excluding hydrogens is 228 g/mol. The number of aromatic nitrogens is 2. The average molecular weight is 244 g/mol. The fourth-order valence-electron chi connectivity index (χ4n) is 1.88. The van der Waals surface area contributed by atoms with Gasteiger partial charge in [0.1, 0.15) is 5.84 Å². The summed E-state index contributed by atoms with van der Waals surface area (Å²) in [6.45, 7) is 1.98. The fourth-order valence-corrected chi connectivity index (χ4v) is 1.88. The van der Waals surface area contributed by atoms with Gasteiger partial charge in [-0.2, -0.15) is 5.10 Å². The van der Waals surface area contributed by atoms with E-state index in [2.05, 4.69) is 10.3 Å². The van der Waals surface area contributed by atoms with Crippen LogP contribution in [0, 0.1) is 6.92 Å². The van der Waals surface area contributed by atoms with E-state index in [4.69, 9.17) is 10.9 Å². The zero-order chi connectivity index (χ0) is 13.0. The first-order valence-corrected chi connectivity index (χ1v) is 5.73. The number of hydrogen-bond acceptors (Lipinski definition) is 3. The lowest BCUT2D eigenvalue weighted by atomic mass is 10.0. The van der Waals surface area contributed by atoms with Crippen LogP contribution >= 0.6 is 0 Å². The Labute approximate surface area is 106 Å². The smallest absolute Gasteiger partial charge is 0.141 e. The minimum atomic E-state index is -0.0594. The first kappa shape index (κ1) is 12.2. The molecule has 0 aliphatic carbocycles. The van der Waals surface area contributed by atoms with Gasteiger partial charge in [0.15, 0.2) is 0 Å². The lowest BCUT2D eigenvalue weighted by Gasteiger charge is -2.17. The number of aryl methyl sites for hydroxylation is 1. The van der Waals surface area contributed by atoms with Crippen molar-refractivity contribution >= 4 is 5.84 Å². The van der Waals surface area contributed by atoms with Gasteiger partial charge in [0.25, 0.3) is 0 Å². The Morgan fingerprint density at radius 1 is 1.44 bits per heavy atom. The van der Waals surface area contributed by atoms with Gasteiger partial charge in [0.05, 0.1) is 12.2 Å². The molecule has 2 rings (SSSR count). The molecule has 0 bridgehead atoms. The lowest BCUT2D eigenvalue weighted by Crippen LogP contribution is -2.21. The van der Waals surface area contributed by atoms with Crippen LogP contribution in [-0.4, -0.2) is 20.8 Å². The highest BCUT2D eigenvalue weighted by Gasteiger charge is 2.16. The normalized spacial score (nSPS) is 13.5. The standard InChI is InChI=1S/C13H16N4O/c1-10-8-15-17(9-10)12(7-13(14)16-18)11-5-3-2-4-6-11/h2-6,8-9,12,18H,7H2,1H3,(H2,14,16). The molecule has 0 amide bonds. The van der Waals surface area contributed by atoms with Crippen molar-refractivity contribution in [1.82, 2.24) is 9.78 Å². The first-order valence-electron chi connectivity index (χ1n) is 5.73. The molecule has 1 atom stereocenters. The second-order valence-electron chi connectivity index (χ2n) is 4.22. The Kier molecular flexibility index (Phi) is 3.62. The van der Waals surface area contributed by atoms with Crippen LogP contribution in [-0.2, 0) is 0 Å². The highest BCUT2D eigenvalue weighted by Crippen LogP contribution is 2.21. The van der Waals surface area contributed by atoms with E-state index in [1.807, 2.05) is 48.1 Å². The molecule has 3 N–H and O–H groups in total. The number of nitrogens with two attached hydrogens (primary N) is 1. The van der Waals surface area contributed by atoms with E-state index in [-0.39, 0.29) is 11.9 Å². The molecule has 1 aromatic heterocycles. The summed E-state index contributed by atoms with van der Waals surface area (Å²) in [4.78, 5) is 0. The Balaban J connectivity index is 2.35. The number of hydrogen-bond donors (Lipinski definition) is 2. The summed E-state index contributed by atoms with van der Waals surface area (Å²) >= 11 is 0. The van der Waals surface area contributed by atoms with Gasteiger partial charge in [-0.15, -0.1) is 0 Å². The molecule has 0 radical (unpaired) electrons. The van der Waals surface area contributed by atoms with Gasteiger partial charge in [0, 0.05) is 12.6 Å². The van der Waals surface area contributed by atoms with E-state index in [0.717, 1.165) is 11.1 Å². The molecule has 1 heterocycles. The van der Waals surface area contributed by atoms with Crippen molar-refractivity contribution in [1.29, 1.82) is 0 Å². The Hall–Kier alpha value is -2.30. The molecule has 0 aliphatic heterocycles. The van der Waals surface area contributed by atoms with Crippen LogP contribution in [0.5, 0.6) is 0 Å². The number of amidine groups is 1. The van der Waals surface area contributed by atoms with E-state index in [1.165, 1.54) is 0 Å². The van der Waals surface area contributed by atoms with Crippen molar-refractivity contribution < 1.29 is 5.21 Å². The van der Waals surface area contributed by atoms with Crippen molar-refractivity contribution in [2.45, 2.75) is 19.4 Å². The molecule has 94 valence electrons. The molecular formula is C13H16N4O. The number of rotatable bonds is 4. The fraction of sp³-hybridized carbons (Fsp3) is 0.231. The van der Waals surface area contributed by atoms with Crippen LogP contribution in [0.2, 0.25) is 0 Å². The maximum Gasteiger partial charge on any atom is 0.141 e. The largest absolute Gasteiger partial charge is 0.409 e. The highest BCUT2D eigenvalue weighted by atomic mass is 16.4. The topological polar surface area (TPSA) is 76.4 Å². The molecule has 5 heteroatoms. The molecule has 0 spiro atoms. The average Bonchev–Trinajstić information content (AvgIpc) is 2.83. The van der Waals surface area contributed by atoms with E-state index in [9.17, 15) is 0 Å². The van der Waals surface area contributed by atoms with Crippen LogP contribution in [0.25, 0.3) is 0 Å². The summed E-state index contributed by atoms with van der Waals surface area (Å²) in [5.74, 6) is 0.192. The van der Waals surface area contributed by atoms with Gasteiger partial charge in [-0.1, -0.05) is 35.5 Å². The van der Waals surface area contributed by atoms with Crippen molar-refractivity contribution in [3.63, 3.8) is 0 Å². The molecule has 18 heavy (non-hydrogen) atoms. The first-order chi connectivity index (χ1) is 8.70. The quantitative estimate of drug-likeness (QED) is 0.373. The summed E-state index contributed by atoms with van der Waals surface area (Å²) in [6, 6.07) is 9.84. The zero-order valence-corrected chi connectivity index (χ0v) is 10.2. The summed E-state index contributed by atoms with van der Waals surface area (Å²) < 4.78 is 1.84. The maximum absolute atomic E-state index is 8.72. The van der Waals surface area contributed by atoms with Crippen molar-refractivity contribution in [3.8, 4) is 0 Å². The van der Waals surface area contributed by atoms with Crippen LogP contribution in [0.3, 0.4) is 0 Å². The summed E-state index contributed by atoms with van der Waals surface area (Å²) in [7, 11) is 0. The third-order valence-corrected chi connectivity index (χ3v) is 2.77. The van der Waals surface area contributed by atoms with Crippen molar-refractivity contribution in [2.24, 2.45) is 10.9 Å². The Morgan fingerprint density at radius 3 is 2.72 bits per heavy atom. The Bertz CT molecular complexity index is 533. The lowest BCUT2D eigenvalue weighted by molar-refractivity contribution is 0.315.